The van der Waals surface area contributed by atoms with E-state index in [1.165, 1.54) is 0 Å². The molecule has 0 spiro atoms. The third-order valence-electron chi connectivity index (χ3n) is 8.45. The fourth-order valence-corrected chi connectivity index (χ4v) is 5.63. The molecule has 0 radical (unpaired) electrons. The van der Waals surface area contributed by atoms with Crippen molar-refractivity contribution in [3.05, 3.63) is 218 Å². The van der Waals surface area contributed by atoms with Gasteiger partial charge in [-0.3, -0.25) is 0 Å². The Morgan fingerprint density at radius 3 is 0.883 bits per heavy atom. The van der Waals surface area contributed by atoms with E-state index < -0.39 is 12.3 Å². The van der Waals surface area contributed by atoms with E-state index in [0.717, 1.165) is 45.5 Å². The van der Waals surface area contributed by atoms with Crippen LogP contribution >= 0.6 is 0 Å². The normalized spacial score (nSPS) is 10.1. The Morgan fingerprint density at radius 1 is 0.250 bits per heavy atom. The first kappa shape index (κ1) is 39.7. The van der Waals surface area contributed by atoms with E-state index in [2.05, 4.69) is 21.3 Å². The van der Waals surface area contributed by atoms with Crippen molar-refractivity contribution in [2.24, 2.45) is 0 Å². The van der Waals surface area contributed by atoms with E-state index in [4.69, 9.17) is 18.9 Å². The van der Waals surface area contributed by atoms with E-state index in [1.807, 2.05) is 140 Å². The molecule has 8 aromatic carbocycles. The van der Waals surface area contributed by atoms with Crippen LogP contribution in [0, 0.1) is 0 Å². The summed E-state index contributed by atoms with van der Waals surface area (Å²) in [5.74, 6) is 1.67. The lowest BCUT2D eigenvalue weighted by atomic mass is 10.2. The first-order valence-corrected chi connectivity index (χ1v) is 19.0. The van der Waals surface area contributed by atoms with Crippen LogP contribution in [0.1, 0.15) is 0 Å². The number of carbonyl (C=O) groups is 2. The van der Waals surface area contributed by atoms with Crippen LogP contribution in [0.15, 0.2) is 218 Å². The average molecular weight is 793 g/mol. The van der Waals surface area contributed by atoms with Crippen LogP contribution in [0.2, 0.25) is 0 Å². The molecule has 296 valence electrons. The van der Waals surface area contributed by atoms with Gasteiger partial charge in [-0.25, -0.2) is 9.59 Å². The number of hydrogen-bond acceptors (Lipinski definition) is 10. The summed E-state index contributed by atoms with van der Waals surface area (Å²) in [7, 11) is 0. The van der Waals surface area contributed by atoms with Gasteiger partial charge in [0.2, 0.25) is 0 Å². The molecule has 0 saturated heterocycles. The van der Waals surface area contributed by atoms with Gasteiger partial charge in [-0.05, 0) is 133 Å². The monoisotopic (exact) mass is 792 g/mol. The van der Waals surface area contributed by atoms with Crippen LogP contribution in [0.5, 0.6) is 23.0 Å². The lowest BCUT2D eigenvalue weighted by molar-refractivity contribution is 0.150. The molecule has 10 nitrogen and oxygen atoms in total. The van der Waals surface area contributed by atoms with Gasteiger partial charge in [0.1, 0.15) is 23.0 Å². The molecule has 0 atom stereocenters. The largest absolute Gasteiger partial charge is 0.519 e. The zero-order chi connectivity index (χ0) is 41.2. The molecule has 0 amide bonds. The van der Waals surface area contributed by atoms with Crippen molar-refractivity contribution in [1.29, 1.82) is 0 Å². The van der Waals surface area contributed by atoms with E-state index >= 15 is 0 Å². The zero-order valence-corrected chi connectivity index (χ0v) is 32.2. The Bertz CT molecular complexity index is 2540. The van der Waals surface area contributed by atoms with E-state index in [1.54, 1.807) is 78.9 Å². The molecule has 8 rings (SSSR count). The van der Waals surface area contributed by atoms with Crippen molar-refractivity contribution in [2.75, 3.05) is 21.3 Å². The van der Waals surface area contributed by atoms with Crippen molar-refractivity contribution in [2.45, 2.75) is 0 Å². The fourth-order valence-electron chi connectivity index (χ4n) is 5.63. The van der Waals surface area contributed by atoms with Gasteiger partial charge in [0.05, 0.1) is 0 Å². The summed E-state index contributed by atoms with van der Waals surface area (Å²) in [6.07, 6.45) is -1.56. The van der Waals surface area contributed by atoms with Gasteiger partial charge in [-0.2, -0.15) is 0 Å². The standard InChI is InChI=1S/2C25H20N2O3/c28-25(29-23-11-5-2-6-12-23)30-24-13-7-10-22(18-24)27-21-16-14-20(15-17-21)26-19-8-3-1-4-9-19;28-25(29-23-9-5-2-6-10-23)30-24-17-15-22(16-18-24)27-21-13-11-20(12-14-21)26-19-7-3-1-4-8-19/h2*1-18,26-27H. The van der Waals surface area contributed by atoms with Crippen LogP contribution in [0.3, 0.4) is 0 Å². The van der Waals surface area contributed by atoms with Crippen LogP contribution in [-0.2, 0) is 0 Å². The van der Waals surface area contributed by atoms with Gasteiger partial charge in [0.15, 0.2) is 0 Å². The van der Waals surface area contributed by atoms with E-state index in [9.17, 15) is 9.59 Å². The van der Waals surface area contributed by atoms with Crippen molar-refractivity contribution in [3.8, 4) is 23.0 Å². The zero-order valence-electron chi connectivity index (χ0n) is 32.2. The number of benzene rings is 8. The molecule has 0 aliphatic carbocycles. The molecular formula is C50H40N4O6. The molecule has 0 heterocycles. The highest BCUT2D eigenvalue weighted by atomic mass is 16.7. The third-order valence-corrected chi connectivity index (χ3v) is 8.45. The average Bonchev–Trinajstić information content (AvgIpc) is 3.27. The Morgan fingerprint density at radius 2 is 0.500 bits per heavy atom. The summed E-state index contributed by atoms with van der Waals surface area (Å²) >= 11 is 0. The maximum atomic E-state index is 12.0. The van der Waals surface area contributed by atoms with E-state index in [-0.39, 0.29) is 0 Å². The molecule has 8 aromatic rings. The summed E-state index contributed by atoms with van der Waals surface area (Å²) < 4.78 is 20.7. The third kappa shape index (κ3) is 12.8. The minimum atomic E-state index is -0.783. The first-order chi connectivity index (χ1) is 29.5. The Hall–Kier alpha value is -8.50. The van der Waals surface area contributed by atoms with Crippen molar-refractivity contribution < 1.29 is 28.5 Å². The number of anilines is 8. The fraction of sp³-hybridized carbons (Fsp3) is 0. The molecule has 0 aliphatic heterocycles. The molecule has 0 aromatic heterocycles. The number of para-hydroxylation sites is 4. The second kappa shape index (κ2) is 20.6. The molecule has 0 aliphatic rings. The van der Waals surface area contributed by atoms with Gasteiger partial charge in [-0.15, -0.1) is 0 Å². The quantitative estimate of drug-likeness (QED) is 0.0703. The number of rotatable bonds is 12. The molecule has 0 unspecified atom stereocenters. The molecule has 0 saturated carbocycles. The minimum absolute atomic E-state index is 0.392. The van der Waals surface area contributed by atoms with Gasteiger partial charge >= 0.3 is 12.3 Å². The van der Waals surface area contributed by atoms with Crippen LogP contribution < -0.4 is 40.2 Å². The lowest BCUT2D eigenvalue weighted by Crippen LogP contribution is -2.13. The maximum Gasteiger partial charge on any atom is 0.519 e. The summed E-state index contributed by atoms with van der Waals surface area (Å²) in [6, 6.07) is 67.7. The van der Waals surface area contributed by atoms with Gasteiger partial charge in [0.25, 0.3) is 0 Å². The predicted octanol–water partition coefficient (Wildman–Crippen LogP) is 13.5. The van der Waals surface area contributed by atoms with Crippen molar-refractivity contribution in [1.82, 2.24) is 0 Å². The highest BCUT2D eigenvalue weighted by Gasteiger charge is 2.10. The number of ether oxygens (including phenoxy) is 4. The summed E-state index contributed by atoms with van der Waals surface area (Å²) in [6.45, 7) is 0. The summed E-state index contributed by atoms with van der Waals surface area (Å²) in [5.41, 5.74) is 7.61. The van der Waals surface area contributed by atoms with Crippen LogP contribution in [0.25, 0.3) is 0 Å². The Kier molecular flexibility index (Phi) is 13.6. The summed E-state index contributed by atoms with van der Waals surface area (Å²) in [4.78, 5) is 23.8. The molecule has 10 heteroatoms. The summed E-state index contributed by atoms with van der Waals surface area (Å²) in [5, 5.41) is 13.3. The molecule has 0 fully saturated rings. The Balaban J connectivity index is 0.000000181. The van der Waals surface area contributed by atoms with Gasteiger partial charge in [0, 0.05) is 51.6 Å². The first-order valence-electron chi connectivity index (χ1n) is 19.0. The highest BCUT2D eigenvalue weighted by Crippen LogP contribution is 2.26. The van der Waals surface area contributed by atoms with Crippen molar-refractivity contribution in [3.63, 3.8) is 0 Å². The van der Waals surface area contributed by atoms with Crippen LogP contribution in [-0.4, -0.2) is 12.3 Å². The van der Waals surface area contributed by atoms with Gasteiger partial charge < -0.3 is 40.2 Å². The van der Waals surface area contributed by atoms with E-state index in [0.29, 0.717) is 23.0 Å². The molecule has 0 bridgehead atoms. The Labute approximate surface area is 348 Å². The maximum absolute atomic E-state index is 12.0. The topological polar surface area (TPSA) is 119 Å². The second-order valence-electron chi connectivity index (χ2n) is 13.0. The SMILES string of the molecule is O=C(Oc1ccccc1)Oc1ccc(Nc2ccc(Nc3ccccc3)cc2)cc1.O=C(Oc1ccccc1)Oc1cccc(Nc2ccc(Nc3ccccc3)cc2)c1. The number of hydrogen-bond donors (Lipinski definition) is 4. The molecule has 60 heavy (non-hydrogen) atoms. The lowest BCUT2D eigenvalue weighted by Gasteiger charge is -2.11. The molecular weight excluding hydrogens is 753 g/mol. The number of carbonyl (C=O) groups excluding carboxylic acids is 2. The number of nitrogens with one attached hydrogen (secondary N) is 4. The van der Waals surface area contributed by atoms with Crippen LogP contribution in [0.4, 0.5) is 55.1 Å². The van der Waals surface area contributed by atoms with Crippen molar-refractivity contribution >= 4 is 57.8 Å². The molecule has 4 N–H and O–H groups in total. The minimum Gasteiger partial charge on any atom is -0.395 e. The second-order valence-corrected chi connectivity index (χ2v) is 13.0. The highest BCUT2D eigenvalue weighted by molar-refractivity contribution is 5.71. The predicted molar refractivity (Wildman–Crippen MR) is 238 cm³/mol. The van der Waals surface area contributed by atoms with Gasteiger partial charge in [-0.1, -0.05) is 78.9 Å². The smallest absolute Gasteiger partial charge is 0.395 e.